The summed E-state index contributed by atoms with van der Waals surface area (Å²) in [6.07, 6.45) is 1.84. The number of ether oxygens (including phenoxy) is 1. The molecule has 3 aromatic carbocycles. The number of aromatic nitrogens is 2. The minimum Gasteiger partial charge on any atom is -0.457 e. The van der Waals surface area contributed by atoms with E-state index in [1.165, 1.54) is 33.8 Å². The molecular weight excluding hydrogens is 512 g/mol. The Kier molecular flexibility index (Phi) is 6.86. The van der Waals surface area contributed by atoms with Crippen LogP contribution < -0.4 is 15.0 Å². The fraction of sp³-hybridized carbons (Fsp3) is 0.176. The van der Waals surface area contributed by atoms with Gasteiger partial charge in [-0.2, -0.15) is 0 Å². The van der Waals surface area contributed by atoms with Crippen molar-refractivity contribution < 1.29 is 4.74 Å². The molecule has 2 atom stereocenters. The predicted octanol–water partition coefficient (Wildman–Crippen LogP) is 8.08. The van der Waals surface area contributed by atoms with Crippen molar-refractivity contribution in [1.29, 1.82) is 0 Å². The molecule has 5 nitrogen and oxygen atoms in total. The summed E-state index contributed by atoms with van der Waals surface area (Å²) in [6, 6.07) is 32.6. The Labute approximate surface area is 241 Å². The Morgan fingerprint density at radius 1 is 0.800 bits per heavy atom. The van der Waals surface area contributed by atoms with Crippen molar-refractivity contribution in [1.82, 2.24) is 14.9 Å². The van der Waals surface area contributed by atoms with Crippen molar-refractivity contribution in [2.75, 3.05) is 4.90 Å². The van der Waals surface area contributed by atoms with E-state index < -0.39 is 0 Å². The Hall–Kier alpha value is -4.42. The van der Waals surface area contributed by atoms with Crippen LogP contribution in [0.5, 0.6) is 11.5 Å². The Balaban J connectivity index is 1.44. The molecule has 3 heterocycles. The third-order valence-corrected chi connectivity index (χ3v) is 8.11. The van der Waals surface area contributed by atoms with Crippen molar-refractivity contribution in [3.8, 4) is 17.2 Å². The number of nitrogens with zero attached hydrogens (tertiary/aromatic N) is 3. The molecule has 5 aromatic rings. The van der Waals surface area contributed by atoms with E-state index in [1.807, 2.05) is 60.8 Å². The van der Waals surface area contributed by atoms with E-state index in [9.17, 15) is 0 Å². The van der Waals surface area contributed by atoms with Crippen LogP contribution in [0.25, 0.3) is 5.69 Å². The second-order valence-corrected chi connectivity index (χ2v) is 10.7. The molecule has 0 amide bonds. The number of nitrogens with one attached hydrogen (secondary N) is 1. The molecule has 6 rings (SSSR count). The highest BCUT2D eigenvalue weighted by Crippen LogP contribution is 2.44. The Morgan fingerprint density at radius 2 is 1.52 bits per heavy atom. The van der Waals surface area contributed by atoms with Gasteiger partial charge < -0.3 is 19.5 Å². The molecule has 0 aliphatic carbocycles. The van der Waals surface area contributed by atoms with Crippen molar-refractivity contribution >= 4 is 23.0 Å². The number of thiocarbonyl (C=S) groups is 1. The zero-order valence-electron chi connectivity index (χ0n) is 23.1. The van der Waals surface area contributed by atoms with Crippen molar-refractivity contribution in [3.63, 3.8) is 0 Å². The fourth-order valence-electron chi connectivity index (χ4n) is 5.68. The van der Waals surface area contributed by atoms with Crippen LogP contribution in [-0.4, -0.2) is 14.7 Å². The van der Waals surface area contributed by atoms with Crippen LogP contribution >= 0.6 is 12.2 Å². The summed E-state index contributed by atoms with van der Waals surface area (Å²) in [5, 5.41) is 4.27. The van der Waals surface area contributed by atoms with Gasteiger partial charge in [-0.1, -0.05) is 36.4 Å². The van der Waals surface area contributed by atoms with Gasteiger partial charge in [-0.3, -0.25) is 4.98 Å². The number of hydrogen-bond donors (Lipinski definition) is 1. The van der Waals surface area contributed by atoms with Gasteiger partial charge >= 0.3 is 0 Å². The minimum absolute atomic E-state index is 0.0895. The lowest BCUT2D eigenvalue weighted by Crippen LogP contribution is -2.29. The van der Waals surface area contributed by atoms with Crippen molar-refractivity contribution in [2.45, 2.75) is 39.8 Å². The highest BCUT2D eigenvalue weighted by atomic mass is 32.1. The monoisotopic (exact) mass is 544 g/mol. The van der Waals surface area contributed by atoms with Gasteiger partial charge in [-0.05, 0) is 117 Å². The lowest BCUT2D eigenvalue weighted by atomic mass is 9.96. The van der Waals surface area contributed by atoms with Crippen LogP contribution in [-0.2, 0) is 0 Å². The molecule has 1 saturated heterocycles. The third-order valence-electron chi connectivity index (χ3n) is 7.80. The van der Waals surface area contributed by atoms with Gasteiger partial charge in [-0.15, -0.1) is 0 Å². The molecule has 1 fully saturated rings. The minimum atomic E-state index is -0.110. The van der Waals surface area contributed by atoms with Gasteiger partial charge in [0.1, 0.15) is 11.5 Å². The molecule has 6 heteroatoms. The number of anilines is 1. The van der Waals surface area contributed by atoms with Gasteiger partial charge in [-0.25, -0.2) is 0 Å². The maximum atomic E-state index is 6.05. The summed E-state index contributed by atoms with van der Waals surface area (Å²) >= 11 is 5.98. The van der Waals surface area contributed by atoms with Gasteiger partial charge in [0.25, 0.3) is 0 Å². The van der Waals surface area contributed by atoms with E-state index >= 15 is 0 Å². The first-order valence-corrected chi connectivity index (χ1v) is 13.9. The topological polar surface area (TPSA) is 42.3 Å². The van der Waals surface area contributed by atoms with Crippen LogP contribution in [0.2, 0.25) is 0 Å². The van der Waals surface area contributed by atoms with E-state index in [1.54, 1.807) is 0 Å². The number of benzene rings is 3. The van der Waals surface area contributed by atoms with Crippen LogP contribution in [0.1, 0.15) is 45.9 Å². The van der Waals surface area contributed by atoms with E-state index in [4.69, 9.17) is 21.9 Å². The molecule has 2 aromatic heterocycles. The third kappa shape index (κ3) is 4.65. The molecule has 0 bridgehead atoms. The van der Waals surface area contributed by atoms with Gasteiger partial charge in [0.2, 0.25) is 0 Å². The molecule has 0 spiro atoms. The van der Waals surface area contributed by atoms with Crippen LogP contribution in [0.3, 0.4) is 0 Å². The number of hydrogen-bond acceptors (Lipinski definition) is 3. The van der Waals surface area contributed by atoms with E-state index in [0.29, 0.717) is 5.11 Å². The molecule has 40 heavy (non-hydrogen) atoms. The van der Waals surface area contributed by atoms with Crippen LogP contribution in [0.4, 0.5) is 5.69 Å². The normalized spacial score (nSPS) is 16.7. The maximum absolute atomic E-state index is 6.05. The second kappa shape index (κ2) is 10.6. The summed E-state index contributed by atoms with van der Waals surface area (Å²) < 4.78 is 8.42. The molecule has 0 radical (unpaired) electrons. The van der Waals surface area contributed by atoms with Crippen LogP contribution in [0.15, 0.2) is 103 Å². The quantitative estimate of drug-likeness (QED) is 0.219. The Bertz CT molecular complexity index is 1660. The maximum Gasteiger partial charge on any atom is 0.174 e. The molecular formula is C34H32N4OS. The Morgan fingerprint density at radius 3 is 2.25 bits per heavy atom. The SMILES string of the molecule is Cc1cccc(-n2c(C)cc([C@H]3[C@H](c4ccccn4)NC(=S)N3c3ccc(Oc4ccccc4)cc3)c2C)c1C. The largest absolute Gasteiger partial charge is 0.457 e. The summed E-state index contributed by atoms with van der Waals surface area (Å²) in [7, 11) is 0. The van der Waals surface area contributed by atoms with Crippen LogP contribution in [0, 0.1) is 27.7 Å². The zero-order chi connectivity index (χ0) is 27.8. The number of para-hydroxylation sites is 1. The first-order valence-electron chi connectivity index (χ1n) is 13.5. The molecule has 1 aliphatic heterocycles. The van der Waals surface area contributed by atoms with Gasteiger partial charge in [0, 0.05) is 29.0 Å². The lowest BCUT2D eigenvalue weighted by molar-refractivity contribution is 0.482. The summed E-state index contributed by atoms with van der Waals surface area (Å²) in [5.41, 5.74) is 9.31. The fourth-order valence-corrected chi connectivity index (χ4v) is 6.03. The average molecular weight is 545 g/mol. The molecule has 0 unspecified atom stereocenters. The second-order valence-electron chi connectivity index (χ2n) is 10.3. The first kappa shape index (κ1) is 25.8. The predicted molar refractivity (Wildman–Crippen MR) is 166 cm³/mol. The first-order chi connectivity index (χ1) is 19.4. The highest BCUT2D eigenvalue weighted by Gasteiger charge is 2.42. The zero-order valence-corrected chi connectivity index (χ0v) is 23.9. The van der Waals surface area contributed by atoms with Gasteiger partial charge in [0.05, 0.1) is 17.8 Å². The number of rotatable bonds is 6. The number of aryl methyl sites for hydroxylation is 2. The summed E-state index contributed by atoms with van der Waals surface area (Å²) in [4.78, 5) is 6.95. The smallest absolute Gasteiger partial charge is 0.174 e. The standard InChI is InChI=1S/C34H32N4OS/c1-22-11-10-15-31(24(22)3)37-23(2)21-29(25(37)4)33-32(30-14-8-9-20-35-30)36-34(40)38(33)26-16-18-28(19-17-26)39-27-12-6-5-7-13-27/h5-21,32-33H,1-4H3,(H,36,40)/t32-,33-/m0/s1. The summed E-state index contributed by atoms with van der Waals surface area (Å²) in [6.45, 7) is 8.74. The lowest BCUT2D eigenvalue weighted by Gasteiger charge is -2.28. The molecule has 200 valence electrons. The van der Waals surface area contributed by atoms with E-state index in [2.05, 4.69) is 84.9 Å². The van der Waals surface area contributed by atoms with Crippen molar-refractivity contribution in [2.24, 2.45) is 0 Å². The molecule has 1 aliphatic rings. The summed E-state index contributed by atoms with van der Waals surface area (Å²) in [5.74, 6) is 1.58. The molecule has 0 saturated carbocycles. The van der Waals surface area contributed by atoms with E-state index in [-0.39, 0.29) is 12.1 Å². The highest BCUT2D eigenvalue weighted by molar-refractivity contribution is 7.80. The van der Waals surface area contributed by atoms with Crippen molar-refractivity contribution in [3.05, 3.63) is 137 Å². The average Bonchev–Trinajstić information content (AvgIpc) is 3.46. The van der Waals surface area contributed by atoms with E-state index in [0.717, 1.165) is 22.9 Å². The molecule has 1 N–H and O–H groups in total. The number of pyridine rings is 1. The van der Waals surface area contributed by atoms with Gasteiger partial charge in [0.15, 0.2) is 5.11 Å².